The van der Waals surface area contributed by atoms with Crippen LogP contribution in [0.25, 0.3) is 11.6 Å². The van der Waals surface area contributed by atoms with Gasteiger partial charge in [-0.15, -0.1) is 0 Å². The monoisotopic (exact) mass is 446 g/mol. The first-order valence-electron chi connectivity index (χ1n) is 9.01. The normalized spacial score (nSPS) is 10.9. The van der Waals surface area contributed by atoms with E-state index in [1.807, 2.05) is 73.7 Å². The number of hydrogen-bond donors (Lipinski definition) is 1. The van der Waals surface area contributed by atoms with Crippen LogP contribution in [0.4, 0.5) is 5.69 Å². The van der Waals surface area contributed by atoms with E-state index in [4.69, 9.17) is 4.74 Å². The minimum absolute atomic E-state index is 0.135. The largest absolute Gasteiger partial charge is 0.483 e. The number of nitrogens with one attached hydrogen (secondary N) is 1. The highest BCUT2D eigenvalue weighted by atomic mass is 79.9. The maximum Gasteiger partial charge on any atom is 0.262 e. The van der Waals surface area contributed by atoms with Gasteiger partial charge in [0.15, 0.2) is 6.61 Å². The van der Waals surface area contributed by atoms with Crippen LogP contribution in [0.1, 0.15) is 16.7 Å². The lowest BCUT2D eigenvalue weighted by molar-refractivity contribution is -0.118. The average Bonchev–Trinajstić information content (AvgIpc) is 2.73. The first-order chi connectivity index (χ1) is 14.0. The second-order valence-electron chi connectivity index (χ2n) is 6.42. The zero-order valence-electron chi connectivity index (χ0n) is 15.9. The number of hydrogen-bond acceptors (Lipinski definition) is 3. The fraction of sp³-hybridized carbons (Fsp3) is 0.0833. The summed E-state index contributed by atoms with van der Waals surface area (Å²) in [5.74, 6) is 0.268. The molecular weight excluding hydrogens is 428 g/mol. The molecule has 0 aliphatic heterocycles. The molecule has 144 valence electrons. The van der Waals surface area contributed by atoms with Crippen molar-refractivity contribution in [2.24, 2.45) is 0 Å². The Morgan fingerprint density at radius 1 is 1.10 bits per heavy atom. The van der Waals surface area contributed by atoms with Gasteiger partial charge >= 0.3 is 0 Å². The number of nitriles is 1. The van der Waals surface area contributed by atoms with Gasteiger partial charge in [0.1, 0.15) is 5.75 Å². The van der Waals surface area contributed by atoms with Crippen LogP contribution in [0, 0.1) is 18.3 Å². The Kier molecular flexibility index (Phi) is 6.83. The highest BCUT2D eigenvalue weighted by Crippen LogP contribution is 2.28. The predicted molar refractivity (Wildman–Crippen MR) is 119 cm³/mol. The standard InChI is InChI=1S/C24H19BrN2O2/c1-17-7-9-18(10-8-17)20(15-26)13-19-14-21(25)11-12-23(19)29-16-24(28)27-22-5-3-2-4-6-22/h2-14H,16H2,1H3,(H,27,28)/b20-13+. The van der Waals surface area contributed by atoms with Gasteiger partial charge in [-0.1, -0.05) is 64.0 Å². The van der Waals surface area contributed by atoms with E-state index in [0.717, 1.165) is 15.6 Å². The van der Waals surface area contributed by atoms with Crippen LogP contribution in [0.15, 0.2) is 77.3 Å². The minimum atomic E-state index is -0.256. The number of nitrogens with zero attached hydrogens (tertiary/aromatic N) is 1. The van der Waals surface area contributed by atoms with Crippen molar-refractivity contribution in [1.82, 2.24) is 0 Å². The van der Waals surface area contributed by atoms with E-state index >= 15 is 0 Å². The van der Waals surface area contributed by atoms with Crippen LogP contribution in [0.5, 0.6) is 5.75 Å². The number of anilines is 1. The zero-order chi connectivity index (χ0) is 20.6. The van der Waals surface area contributed by atoms with Gasteiger partial charge in [-0.2, -0.15) is 5.26 Å². The van der Waals surface area contributed by atoms with E-state index in [1.165, 1.54) is 0 Å². The fourth-order valence-corrected chi connectivity index (χ4v) is 3.07. The Bertz CT molecular complexity index is 1070. The highest BCUT2D eigenvalue weighted by molar-refractivity contribution is 9.10. The van der Waals surface area contributed by atoms with Crippen molar-refractivity contribution in [2.75, 3.05) is 11.9 Å². The van der Waals surface area contributed by atoms with E-state index in [1.54, 1.807) is 12.1 Å². The van der Waals surface area contributed by atoms with Crippen LogP contribution < -0.4 is 10.1 Å². The third-order valence-corrected chi connectivity index (χ3v) is 4.66. The summed E-state index contributed by atoms with van der Waals surface area (Å²) in [5, 5.41) is 12.4. The molecule has 3 rings (SSSR count). The Balaban J connectivity index is 1.79. The number of carbonyl (C=O) groups is 1. The number of para-hydroxylation sites is 1. The van der Waals surface area contributed by atoms with Crippen molar-refractivity contribution in [3.8, 4) is 11.8 Å². The third-order valence-electron chi connectivity index (χ3n) is 4.17. The number of halogens is 1. The van der Waals surface area contributed by atoms with Crippen molar-refractivity contribution in [3.05, 3.63) is 94.0 Å². The molecular formula is C24H19BrN2O2. The van der Waals surface area contributed by atoms with E-state index < -0.39 is 0 Å². The molecule has 0 fully saturated rings. The molecule has 0 heterocycles. The van der Waals surface area contributed by atoms with E-state index in [9.17, 15) is 10.1 Å². The molecule has 0 spiro atoms. The lowest BCUT2D eigenvalue weighted by atomic mass is 10.0. The second kappa shape index (κ2) is 9.72. The summed E-state index contributed by atoms with van der Waals surface area (Å²) >= 11 is 3.45. The fourth-order valence-electron chi connectivity index (χ4n) is 2.69. The highest BCUT2D eigenvalue weighted by Gasteiger charge is 2.09. The molecule has 0 aliphatic carbocycles. The van der Waals surface area contributed by atoms with Crippen molar-refractivity contribution in [3.63, 3.8) is 0 Å². The molecule has 4 nitrogen and oxygen atoms in total. The molecule has 0 aliphatic rings. The third kappa shape index (κ3) is 5.81. The molecule has 5 heteroatoms. The van der Waals surface area contributed by atoms with Crippen LogP contribution in [-0.2, 0) is 4.79 Å². The van der Waals surface area contributed by atoms with Gasteiger partial charge < -0.3 is 10.1 Å². The Labute approximate surface area is 178 Å². The Morgan fingerprint density at radius 2 is 1.83 bits per heavy atom. The minimum Gasteiger partial charge on any atom is -0.483 e. The summed E-state index contributed by atoms with van der Waals surface area (Å²) in [4.78, 5) is 12.2. The SMILES string of the molecule is Cc1ccc(/C(C#N)=C/c2cc(Br)ccc2OCC(=O)Nc2ccccc2)cc1. The number of benzene rings is 3. The second-order valence-corrected chi connectivity index (χ2v) is 7.34. The average molecular weight is 447 g/mol. The number of ether oxygens (including phenoxy) is 1. The maximum atomic E-state index is 12.2. The van der Waals surface area contributed by atoms with Gasteiger partial charge in [0.2, 0.25) is 0 Å². The molecule has 0 aromatic heterocycles. The molecule has 3 aromatic carbocycles. The molecule has 0 bridgehead atoms. The summed E-state index contributed by atoms with van der Waals surface area (Å²) in [6.45, 7) is 1.87. The Morgan fingerprint density at radius 3 is 2.52 bits per heavy atom. The molecule has 29 heavy (non-hydrogen) atoms. The quantitative estimate of drug-likeness (QED) is 0.382. The molecule has 3 aromatic rings. The van der Waals surface area contributed by atoms with Gasteiger partial charge in [0, 0.05) is 15.7 Å². The molecule has 0 unspecified atom stereocenters. The van der Waals surface area contributed by atoms with E-state index in [2.05, 4.69) is 27.3 Å². The van der Waals surface area contributed by atoms with Crippen molar-refractivity contribution in [1.29, 1.82) is 5.26 Å². The summed E-state index contributed by atoms with van der Waals surface area (Å²) in [5.41, 5.74) is 3.89. The number of allylic oxidation sites excluding steroid dienone is 1. The smallest absolute Gasteiger partial charge is 0.262 e. The van der Waals surface area contributed by atoms with Gasteiger partial charge in [0.05, 0.1) is 11.6 Å². The number of amides is 1. The van der Waals surface area contributed by atoms with Crippen LogP contribution >= 0.6 is 15.9 Å². The number of rotatable bonds is 6. The van der Waals surface area contributed by atoms with Crippen LogP contribution in [-0.4, -0.2) is 12.5 Å². The molecule has 0 saturated carbocycles. The molecule has 0 radical (unpaired) electrons. The van der Waals surface area contributed by atoms with Gasteiger partial charge in [0.25, 0.3) is 5.91 Å². The first-order valence-corrected chi connectivity index (χ1v) is 9.80. The molecule has 0 saturated heterocycles. The first kappa shape index (κ1) is 20.4. The van der Waals surface area contributed by atoms with Gasteiger partial charge in [-0.05, 0) is 48.9 Å². The molecule has 0 atom stereocenters. The van der Waals surface area contributed by atoms with Crippen molar-refractivity contribution >= 4 is 39.2 Å². The van der Waals surface area contributed by atoms with Gasteiger partial charge in [-0.25, -0.2) is 0 Å². The predicted octanol–water partition coefficient (Wildman–Crippen LogP) is 5.84. The molecule has 1 N–H and O–H groups in total. The summed E-state index contributed by atoms with van der Waals surface area (Å²) in [6.07, 6.45) is 1.76. The number of carbonyl (C=O) groups excluding carboxylic acids is 1. The molecule has 1 amide bonds. The zero-order valence-corrected chi connectivity index (χ0v) is 17.4. The van der Waals surface area contributed by atoms with Crippen LogP contribution in [0.3, 0.4) is 0 Å². The van der Waals surface area contributed by atoms with E-state index in [-0.39, 0.29) is 12.5 Å². The Hall–Kier alpha value is -3.36. The number of aryl methyl sites for hydroxylation is 1. The van der Waals surface area contributed by atoms with Crippen molar-refractivity contribution in [2.45, 2.75) is 6.92 Å². The summed E-state index contributed by atoms with van der Waals surface area (Å²) in [7, 11) is 0. The lowest BCUT2D eigenvalue weighted by Gasteiger charge is -2.11. The topological polar surface area (TPSA) is 62.1 Å². The summed E-state index contributed by atoms with van der Waals surface area (Å²) < 4.78 is 6.59. The van der Waals surface area contributed by atoms with Crippen LogP contribution in [0.2, 0.25) is 0 Å². The van der Waals surface area contributed by atoms with Gasteiger partial charge in [-0.3, -0.25) is 4.79 Å². The van der Waals surface area contributed by atoms with E-state index in [0.29, 0.717) is 22.6 Å². The summed E-state index contributed by atoms with van der Waals surface area (Å²) in [6, 6.07) is 24.7. The lowest BCUT2D eigenvalue weighted by Crippen LogP contribution is -2.20. The van der Waals surface area contributed by atoms with Crippen molar-refractivity contribution < 1.29 is 9.53 Å². The maximum absolute atomic E-state index is 12.2.